The first-order valence-corrected chi connectivity index (χ1v) is 7.91. The normalized spacial score (nSPS) is 21.8. The fraction of sp³-hybridized carbons (Fsp3) is 0.588. The van der Waals surface area contributed by atoms with Crippen molar-refractivity contribution in [2.45, 2.75) is 44.6 Å². The van der Waals surface area contributed by atoms with Crippen molar-refractivity contribution in [1.82, 2.24) is 10.2 Å². The van der Waals surface area contributed by atoms with Crippen LogP contribution in [0.5, 0.6) is 0 Å². The summed E-state index contributed by atoms with van der Waals surface area (Å²) in [5.74, 6) is 0.325. The quantitative estimate of drug-likeness (QED) is 0.911. The van der Waals surface area contributed by atoms with Gasteiger partial charge in [-0.2, -0.15) is 0 Å². The van der Waals surface area contributed by atoms with Gasteiger partial charge in [0.25, 0.3) is 0 Å². The van der Waals surface area contributed by atoms with Crippen LogP contribution in [-0.4, -0.2) is 36.5 Å². The predicted octanol–water partition coefficient (Wildman–Crippen LogP) is 2.15. The molecule has 1 amide bonds. The van der Waals surface area contributed by atoms with Crippen LogP contribution in [0, 0.1) is 0 Å². The van der Waals surface area contributed by atoms with E-state index >= 15 is 0 Å². The number of nitrogens with one attached hydrogen (secondary N) is 1. The number of likely N-dealkylation sites (tertiary alicyclic amines) is 1. The standard InChI is InChI=1S/C17H24N2O/c20-17(19-11-3-4-12-19)9-10-18-16-8-7-14-5-1-2-6-15(14)13-16/h1-2,5-6,16,18H,3-4,7-13H2. The zero-order chi connectivity index (χ0) is 13.8. The number of hydrogen-bond donors (Lipinski definition) is 1. The molecule has 1 aromatic rings. The Bertz CT molecular complexity index is 466. The van der Waals surface area contributed by atoms with Gasteiger partial charge in [-0.25, -0.2) is 0 Å². The molecule has 0 bridgehead atoms. The van der Waals surface area contributed by atoms with Crippen LogP contribution in [0.1, 0.15) is 36.8 Å². The summed E-state index contributed by atoms with van der Waals surface area (Å²) in [5.41, 5.74) is 2.97. The van der Waals surface area contributed by atoms with Crippen molar-refractivity contribution in [3.63, 3.8) is 0 Å². The highest BCUT2D eigenvalue weighted by atomic mass is 16.2. The number of amides is 1. The summed E-state index contributed by atoms with van der Waals surface area (Å²) in [5, 5.41) is 3.57. The number of carbonyl (C=O) groups is 1. The van der Waals surface area contributed by atoms with E-state index in [1.165, 1.54) is 30.4 Å². The molecule has 1 N–H and O–H groups in total. The Morgan fingerprint density at radius 2 is 1.95 bits per heavy atom. The van der Waals surface area contributed by atoms with E-state index in [0.717, 1.165) is 32.5 Å². The van der Waals surface area contributed by atoms with E-state index in [2.05, 4.69) is 29.6 Å². The molecule has 0 radical (unpaired) electrons. The monoisotopic (exact) mass is 272 g/mol. The summed E-state index contributed by atoms with van der Waals surface area (Å²) in [6.07, 6.45) is 6.46. The lowest BCUT2D eigenvalue weighted by atomic mass is 9.88. The Hall–Kier alpha value is -1.35. The summed E-state index contributed by atoms with van der Waals surface area (Å²) >= 11 is 0. The third-order valence-electron chi connectivity index (χ3n) is 4.58. The van der Waals surface area contributed by atoms with Crippen molar-refractivity contribution in [3.8, 4) is 0 Å². The molecule has 1 aliphatic carbocycles. The number of fused-ring (bicyclic) bond motifs is 1. The van der Waals surface area contributed by atoms with Gasteiger partial charge in [0.05, 0.1) is 0 Å². The third kappa shape index (κ3) is 3.21. The summed E-state index contributed by atoms with van der Waals surface area (Å²) in [4.78, 5) is 14.0. The predicted molar refractivity (Wildman–Crippen MR) is 80.7 cm³/mol. The Balaban J connectivity index is 1.42. The number of benzene rings is 1. The minimum Gasteiger partial charge on any atom is -0.343 e. The van der Waals surface area contributed by atoms with Crippen LogP contribution < -0.4 is 5.32 Å². The smallest absolute Gasteiger partial charge is 0.223 e. The lowest BCUT2D eigenvalue weighted by molar-refractivity contribution is -0.130. The van der Waals surface area contributed by atoms with Gasteiger partial charge >= 0.3 is 0 Å². The van der Waals surface area contributed by atoms with Gasteiger partial charge < -0.3 is 10.2 Å². The molecule has 1 aromatic carbocycles. The van der Waals surface area contributed by atoms with Crippen LogP contribution in [0.2, 0.25) is 0 Å². The molecule has 3 rings (SSSR count). The van der Waals surface area contributed by atoms with Crippen molar-refractivity contribution in [2.24, 2.45) is 0 Å². The van der Waals surface area contributed by atoms with Gasteiger partial charge in [0, 0.05) is 32.1 Å². The summed E-state index contributed by atoms with van der Waals surface area (Å²) in [6.45, 7) is 2.76. The van der Waals surface area contributed by atoms with Gasteiger partial charge in [-0.05, 0) is 43.2 Å². The van der Waals surface area contributed by atoms with Gasteiger partial charge in [-0.15, -0.1) is 0 Å². The summed E-state index contributed by atoms with van der Waals surface area (Å²) in [7, 11) is 0. The number of aryl methyl sites for hydroxylation is 1. The lowest BCUT2D eigenvalue weighted by Crippen LogP contribution is -2.37. The highest BCUT2D eigenvalue weighted by molar-refractivity contribution is 5.76. The van der Waals surface area contributed by atoms with Crippen molar-refractivity contribution in [2.75, 3.05) is 19.6 Å². The third-order valence-corrected chi connectivity index (χ3v) is 4.58. The van der Waals surface area contributed by atoms with Crippen molar-refractivity contribution < 1.29 is 4.79 Å². The van der Waals surface area contributed by atoms with E-state index in [1.54, 1.807) is 0 Å². The maximum Gasteiger partial charge on any atom is 0.223 e. The van der Waals surface area contributed by atoms with E-state index in [-0.39, 0.29) is 0 Å². The number of hydrogen-bond acceptors (Lipinski definition) is 2. The second kappa shape index (κ2) is 6.40. The first-order chi connectivity index (χ1) is 9.83. The average Bonchev–Trinajstić information content (AvgIpc) is 3.01. The summed E-state index contributed by atoms with van der Waals surface area (Å²) < 4.78 is 0. The molecule has 2 aliphatic rings. The topological polar surface area (TPSA) is 32.3 Å². The minimum absolute atomic E-state index is 0.325. The molecule has 1 aliphatic heterocycles. The molecule has 1 atom stereocenters. The fourth-order valence-electron chi connectivity index (χ4n) is 3.38. The van der Waals surface area contributed by atoms with Gasteiger partial charge in [0.15, 0.2) is 0 Å². The first-order valence-electron chi connectivity index (χ1n) is 7.91. The Morgan fingerprint density at radius 3 is 2.75 bits per heavy atom. The molecule has 3 nitrogen and oxygen atoms in total. The molecular weight excluding hydrogens is 248 g/mol. The second-order valence-corrected chi connectivity index (χ2v) is 6.00. The lowest BCUT2D eigenvalue weighted by Gasteiger charge is -2.26. The molecule has 0 spiro atoms. The van der Waals surface area contributed by atoms with Crippen LogP contribution in [0.15, 0.2) is 24.3 Å². The molecule has 1 heterocycles. The molecule has 1 unspecified atom stereocenters. The molecule has 1 fully saturated rings. The maximum atomic E-state index is 12.0. The van der Waals surface area contributed by atoms with Crippen LogP contribution >= 0.6 is 0 Å². The Kier molecular flexibility index (Phi) is 4.36. The van der Waals surface area contributed by atoms with Crippen molar-refractivity contribution in [1.29, 1.82) is 0 Å². The van der Waals surface area contributed by atoms with E-state index in [9.17, 15) is 4.79 Å². The largest absolute Gasteiger partial charge is 0.343 e. The van der Waals surface area contributed by atoms with Crippen LogP contribution in [0.4, 0.5) is 0 Å². The molecular formula is C17H24N2O. The number of rotatable bonds is 4. The number of carbonyl (C=O) groups excluding carboxylic acids is 1. The Morgan fingerprint density at radius 1 is 1.20 bits per heavy atom. The van der Waals surface area contributed by atoms with Crippen molar-refractivity contribution in [3.05, 3.63) is 35.4 Å². The second-order valence-electron chi connectivity index (χ2n) is 6.00. The molecule has 0 aromatic heterocycles. The van der Waals surface area contributed by atoms with Gasteiger partial charge in [-0.1, -0.05) is 24.3 Å². The molecule has 3 heteroatoms. The van der Waals surface area contributed by atoms with E-state index < -0.39 is 0 Å². The molecule has 20 heavy (non-hydrogen) atoms. The van der Waals surface area contributed by atoms with E-state index in [0.29, 0.717) is 18.4 Å². The van der Waals surface area contributed by atoms with Crippen LogP contribution in [0.25, 0.3) is 0 Å². The van der Waals surface area contributed by atoms with Gasteiger partial charge in [0.2, 0.25) is 5.91 Å². The molecule has 108 valence electrons. The van der Waals surface area contributed by atoms with E-state index in [4.69, 9.17) is 0 Å². The molecule has 1 saturated heterocycles. The van der Waals surface area contributed by atoms with Crippen molar-refractivity contribution >= 4 is 5.91 Å². The van der Waals surface area contributed by atoms with Gasteiger partial charge in [0.1, 0.15) is 0 Å². The fourth-order valence-corrected chi connectivity index (χ4v) is 3.38. The number of nitrogens with zero attached hydrogens (tertiary/aromatic N) is 1. The summed E-state index contributed by atoms with van der Waals surface area (Å²) in [6, 6.07) is 9.26. The zero-order valence-corrected chi connectivity index (χ0v) is 12.1. The van der Waals surface area contributed by atoms with Crippen LogP contribution in [-0.2, 0) is 17.6 Å². The SMILES string of the molecule is O=C(CCNC1CCc2ccccc2C1)N1CCCC1. The van der Waals surface area contributed by atoms with Gasteiger partial charge in [-0.3, -0.25) is 4.79 Å². The zero-order valence-electron chi connectivity index (χ0n) is 12.1. The first kappa shape index (κ1) is 13.6. The molecule has 0 saturated carbocycles. The highest BCUT2D eigenvalue weighted by Gasteiger charge is 2.20. The maximum absolute atomic E-state index is 12.0. The Labute approximate surface area is 121 Å². The minimum atomic E-state index is 0.325. The average molecular weight is 272 g/mol. The van der Waals surface area contributed by atoms with E-state index in [1.807, 2.05) is 4.90 Å². The van der Waals surface area contributed by atoms with Crippen LogP contribution in [0.3, 0.4) is 0 Å². The highest BCUT2D eigenvalue weighted by Crippen LogP contribution is 2.21.